The molecule has 4 nitrogen and oxygen atoms in total. The number of aryl methyl sites for hydroxylation is 2. The second-order valence-electron chi connectivity index (χ2n) is 6.32. The van der Waals surface area contributed by atoms with E-state index >= 15 is 0 Å². The first-order valence-corrected chi connectivity index (χ1v) is 9.26. The number of hydrogen-bond acceptors (Lipinski definition) is 3. The summed E-state index contributed by atoms with van der Waals surface area (Å²) in [5.74, 6) is -0.983. The van der Waals surface area contributed by atoms with Crippen LogP contribution >= 0.6 is 28.1 Å². The van der Waals surface area contributed by atoms with Crippen LogP contribution in [0, 0.1) is 13.8 Å². The van der Waals surface area contributed by atoms with Crippen LogP contribution in [-0.4, -0.2) is 16.9 Å². The van der Waals surface area contributed by atoms with Gasteiger partial charge in [-0.15, -0.1) is 0 Å². The summed E-state index contributed by atoms with van der Waals surface area (Å²) in [6.45, 7) is 4.18. The highest BCUT2D eigenvalue weighted by Gasteiger charge is 2.25. The molecule has 1 saturated heterocycles. The van der Waals surface area contributed by atoms with Gasteiger partial charge in [0.15, 0.2) is 5.11 Å². The van der Waals surface area contributed by atoms with E-state index in [1.54, 1.807) is 6.08 Å². The Balaban J connectivity index is 1.85. The van der Waals surface area contributed by atoms with Crippen LogP contribution in [-0.2, 0) is 16.0 Å². The predicted molar refractivity (Wildman–Crippen MR) is 110 cm³/mol. The topological polar surface area (TPSA) is 58.2 Å². The second-order valence-corrected chi connectivity index (χ2v) is 7.58. The van der Waals surface area contributed by atoms with Crippen LogP contribution in [0.1, 0.15) is 27.8 Å². The van der Waals surface area contributed by atoms with E-state index in [2.05, 4.69) is 58.6 Å². The standard InChI is InChI=1S/C20H17BrN2O2S/c1-11-5-12(2)7-14(6-11)8-15-4-3-13(10-17(15)21)9-16-18(24)22-20(26)23-19(16)25/h3-7,9-10H,8H2,1-2H3,(H2,22,23,24,25,26). The van der Waals surface area contributed by atoms with Gasteiger partial charge in [0.25, 0.3) is 11.8 Å². The predicted octanol–water partition coefficient (Wildman–Crippen LogP) is 3.57. The van der Waals surface area contributed by atoms with Crippen molar-refractivity contribution in [2.45, 2.75) is 20.3 Å². The van der Waals surface area contributed by atoms with Gasteiger partial charge in [0.2, 0.25) is 0 Å². The van der Waals surface area contributed by atoms with Gasteiger partial charge >= 0.3 is 0 Å². The summed E-state index contributed by atoms with van der Waals surface area (Å²) in [5.41, 5.74) is 5.65. The molecular weight excluding hydrogens is 412 g/mol. The normalized spacial score (nSPS) is 14.1. The van der Waals surface area contributed by atoms with E-state index in [9.17, 15) is 9.59 Å². The quantitative estimate of drug-likeness (QED) is 0.446. The van der Waals surface area contributed by atoms with Gasteiger partial charge in [0.05, 0.1) is 0 Å². The molecule has 2 N–H and O–H groups in total. The third-order valence-electron chi connectivity index (χ3n) is 4.01. The van der Waals surface area contributed by atoms with Crippen molar-refractivity contribution in [2.24, 2.45) is 0 Å². The third kappa shape index (κ3) is 4.26. The molecule has 1 heterocycles. The largest absolute Gasteiger partial charge is 0.299 e. The van der Waals surface area contributed by atoms with Gasteiger partial charge in [-0.3, -0.25) is 20.2 Å². The van der Waals surface area contributed by atoms with E-state index in [-0.39, 0.29) is 10.7 Å². The van der Waals surface area contributed by atoms with E-state index in [1.807, 2.05) is 18.2 Å². The van der Waals surface area contributed by atoms with Crippen molar-refractivity contribution in [3.8, 4) is 0 Å². The van der Waals surface area contributed by atoms with Crippen molar-refractivity contribution in [1.29, 1.82) is 0 Å². The Morgan fingerprint density at radius 2 is 1.62 bits per heavy atom. The molecule has 6 heteroatoms. The maximum absolute atomic E-state index is 11.9. The van der Waals surface area contributed by atoms with Crippen LogP contribution in [0.5, 0.6) is 0 Å². The zero-order chi connectivity index (χ0) is 18.8. The Labute approximate surface area is 165 Å². The number of carbonyl (C=O) groups is 2. The number of rotatable bonds is 3. The van der Waals surface area contributed by atoms with Crippen LogP contribution in [0.4, 0.5) is 0 Å². The first kappa shape index (κ1) is 18.5. The summed E-state index contributed by atoms with van der Waals surface area (Å²) >= 11 is 8.39. The molecule has 0 unspecified atom stereocenters. The van der Waals surface area contributed by atoms with E-state index in [4.69, 9.17) is 12.2 Å². The van der Waals surface area contributed by atoms with Gasteiger partial charge < -0.3 is 0 Å². The van der Waals surface area contributed by atoms with Gasteiger partial charge in [-0.25, -0.2) is 0 Å². The molecular formula is C20H17BrN2O2S. The fourth-order valence-electron chi connectivity index (χ4n) is 2.96. The first-order chi connectivity index (χ1) is 12.3. The van der Waals surface area contributed by atoms with Crippen LogP contribution in [0.25, 0.3) is 6.08 Å². The fourth-order valence-corrected chi connectivity index (χ4v) is 3.68. The minimum absolute atomic E-state index is 0.0297. The summed E-state index contributed by atoms with van der Waals surface area (Å²) in [5, 5.41) is 4.89. The van der Waals surface area contributed by atoms with Crippen molar-refractivity contribution in [3.63, 3.8) is 0 Å². The summed E-state index contributed by atoms with van der Waals surface area (Å²) in [6, 6.07) is 12.3. The smallest absolute Gasteiger partial charge is 0.263 e. The SMILES string of the molecule is Cc1cc(C)cc(Cc2ccc(C=C3C(=O)NC(=S)NC3=O)cc2Br)c1. The maximum atomic E-state index is 11.9. The Hall–Kier alpha value is -2.31. The maximum Gasteiger partial charge on any atom is 0.263 e. The average molecular weight is 429 g/mol. The Morgan fingerprint density at radius 1 is 1.00 bits per heavy atom. The van der Waals surface area contributed by atoms with Crippen LogP contribution in [0.2, 0.25) is 0 Å². The monoisotopic (exact) mass is 428 g/mol. The Bertz CT molecular complexity index is 924. The lowest BCUT2D eigenvalue weighted by Crippen LogP contribution is -2.51. The first-order valence-electron chi connectivity index (χ1n) is 8.06. The summed E-state index contributed by atoms with van der Waals surface area (Å²) < 4.78 is 0.929. The number of thiocarbonyl (C=S) groups is 1. The van der Waals surface area contributed by atoms with Gasteiger partial charge in [0.1, 0.15) is 5.57 Å². The molecule has 0 bridgehead atoms. The molecule has 2 aromatic carbocycles. The minimum atomic E-state index is -0.491. The van der Waals surface area contributed by atoms with E-state index < -0.39 is 11.8 Å². The lowest BCUT2D eigenvalue weighted by atomic mass is 9.99. The van der Waals surface area contributed by atoms with E-state index in [0.717, 1.165) is 22.0 Å². The average Bonchev–Trinajstić information content (AvgIpc) is 2.52. The van der Waals surface area contributed by atoms with E-state index in [1.165, 1.54) is 16.7 Å². The molecule has 0 aromatic heterocycles. The molecule has 2 amide bonds. The summed E-state index contributed by atoms with van der Waals surface area (Å²) in [7, 11) is 0. The van der Waals surface area contributed by atoms with Gasteiger partial charge in [-0.2, -0.15) is 0 Å². The number of halogens is 1. The van der Waals surface area contributed by atoms with Gasteiger partial charge in [-0.05, 0) is 61.3 Å². The number of amides is 2. The highest BCUT2D eigenvalue weighted by molar-refractivity contribution is 9.10. The zero-order valence-corrected chi connectivity index (χ0v) is 16.8. The number of hydrogen-bond donors (Lipinski definition) is 2. The molecule has 1 aliphatic rings. The number of carbonyl (C=O) groups excluding carboxylic acids is 2. The van der Waals surface area contributed by atoms with Gasteiger partial charge in [0, 0.05) is 4.47 Å². The number of benzene rings is 2. The van der Waals surface area contributed by atoms with Crippen molar-refractivity contribution in [2.75, 3.05) is 0 Å². The van der Waals surface area contributed by atoms with E-state index in [0.29, 0.717) is 0 Å². The molecule has 0 spiro atoms. The summed E-state index contributed by atoms with van der Waals surface area (Å²) in [6.07, 6.45) is 2.35. The van der Waals surface area contributed by atoms with Crippen molar-refractivity contribution in [3.05, 3.63) is 74.3 Å². The lowest BCUT2D eigenvalue weighted by Gasteiger charge is -2.16. The zero-order valence-electron chi connectivity index (χ0n) is 14.4. The molecule has 0 aliphatic carbocycles. The molecule has 0 atom stereocenters. The molecule has 1 fully saturated rings. The molecule has 26 heavy (non-hydrogen) atoms. The second kappa shape index (κ2) is 7.51. The molecule has 1 aliphatic heterocycles. The van der Waals surface area contributed by atoms with Crippen molar-refractivity contribution >= 4 is 51.2 Å². The molecule has 3 rings (SSSR count). The third-order valence-corrected chi connectivity index (χ3v) is 4.95. The highest BCUT2D eigenvalue weighted by Crippen LogP contribution is 2.24. The Kier molecular flexibility index (Phi) is 5.34. The van der Waals surface area contributed by atoms with Crippen molar-refractivity contribution in [1.82, 2.24) is 10.6 Å². The highest BCUT2D eigenvalue weighted by atomic mass is 79.9. The van der Waals surface area contributed by atoms with Crippen LogP contribution in [0.3, 0.4) is 0 Å². The van der Waals surface area contributed by atoms with Crippen molar-refractivity contribution < 1.29 is 9.59 Å². The van der Waals surface area contributed by atoms with Crippen LogP contribution < -0.4 is 10.6 Å². The molecule has 0 radical (unpaired) electrons. The fraction of sp³-hybridized carbons (Fsp3) is 0.150. The van der Waals surface area contributed by atoms with Gasteiger partial charge in [-0.1, -0.05) is 57.4 Å². The lowest BCUT2D eigenvalue weighted by molar-refractivity contribution is -0.123. The summed E-state index contributed by atoms with van der Waals surface area (Å²) in [4.78, 5) is 23.9. The minimum Gasteiger partial charge on any atom is -0.299 e. The molecule has 132 valence electrons. The molecule has 2 aromatic rings. The number of nitrogens with one attached hydrogen (secondary N) is 2. The Morgan fingerprint density at radius 3 is 2.19 bits per heavy atom. The molecule has 0 saturated carbocycles. The van der Waals surface area contributed by atoms with Crippen LogP contribution in [0.15, 0.2) is 46.4 Å².